The molecule has 0 bridgehead atoms. The van der Waals surface area contributed by atoms with Gasteiger partial charge in [0, 0.05) is 6.54 Å². The standard InChI is InChI=1S/C16H23NO3/c1-19-14-7-9-15(10-8-14)20-12-16(18)17-11-13-5-3-2-4-6-13/h7-10,13H,2-6,11-12H2,1H3,(H,17,18). The first-order valence-electron chi connectivity index (χ1n) is 7.31. The van der Waals surface area contributed by atoms with Gasteiger partial charge in [-0.2, -0.15) is 0 Å². The Bertz CT molecular complexity index is 410. The van der Waals surface area contributed by atoms with Crippen molar-refractivity contribution >= 4 is 5.91 Å². The molecule has 0 radical (unpaired) electrons. The van der Waals surface area contributed by atoms with E-state index in [1.807, 2.05) is 12.1 Å². The predicted octanol–water partition coefficient (Wildman–Crippen LogP) is 2.77. The number of benzene rings is 1. The molecule has 0 heterocycles. The van der Waals surface area contributed by atoms with Crippen LogP contribution in [0.1, 0.15) is 32.1 Å². The van der Waals surface area contributed by atoms with Crippen LogP contribution in [0.4, 0.5) is 0 Å². The fourth-order valence-corrected chi connectivity index (χ4v) is 2.52. The Kier molecular flexibility index (Phi) is 5.71. The highest BCUT2D eigenvalue weighted by atomic mass is 16.5. The molecule has 1 N–H and O–H groups in total. The van der Waals surface area contributed by atoms with E-state index in [0.29, 0.717) is 11.7 Å². The lowest BCUT2D eigenvalue weighted by molar-refractivity contribution is -0.123. The molecule has 0 unspecified atom stereocenters. The van der Waals surface area contributed by atoms with E-state index in [0.717, 1.165) is 12.3 Å². The molecular weight excluding hydrogens is 254 g/mol. The molecule has 20 heavy (non-hydrogen) atoms. The SMILES string of the molecule is COc1ccc(OCC(=O)NCC2CCCCC2)cc1. The smallest absolute Gasteiger partial charge is 0.257 e. The minimum absolute atomic E-state index is 0.0496. The third-order valence-electron chi connectivity index (χ3n) is 3.74. The summed E-state index contributed by atoms with van der Waals surface area (Å²) in [5.74, 6) is 2.05. The highest BCUT2D eigenvalue weighted by Gasteiger charge is 2.14. The van der Waals surface area contributed by atoms with Crippen molar-refractivity contribution in [2.45, 2.75) is 32.1 Å². The van der Waals surface area contributed by atoms with Crippen molar-refractivity contribution in [3.63, 3.8) is 0 Å². The fraction of sp³-hybridized carbons (Fsp3) is 0.562. The zero-order chi connectivity index (χ0) is 14.2. The van der Waals surface area contributed by atoms with E-state index in [-0.39, 0.29) is 12.5 Å². The van der Waals surface area contributed by atoms with Gasteiger partial charge in [0.15, 0.2) is 6.61 Å². The predicted molar refractivity (Wildman–Crippen MR) is 78.1 cm³/mol. The second-order valence-corrected chi connectivity index (χ2v) is 5.27. The lowest BCUT2D eigenvalue weighted by Crippen LogP contribution is -2.33. The van der Waals surface area contributed by atoms with Crippen LogP contribution in [-0.2, 0) is 4.79 Å². The Balaban J connectivity index is 1.66. The molecule has 1 aromatic carbocycles. The minimum atomic E-state index is -0.0496. The Morgan fingerprint density at radius 2 is 1.80 bits per heavy atom. The number of rotatable bonds is 6. The van der Waals surface area contributed by atoms with Crippen molar-refractivity contribution in [1.82, 2.24) is 5.32 Å². The second kappa shape index (κ2) is 7.78. The van der Waals surface area contributed by atoms with Crippen molar-refractivity contribution in [2.75, 3.05) is 20.3 Å². The molecule has 1 aliphatic carbocycles. The van der Waals surface area contributed by atoms with Crippen LogP contribution < -0.4 is 14.8 Å². The van der Waals surface area contributed by atoms with Gasteiger partial charge in [0.1, 0.15) is 11.5 Å². The van der Waals surface area contributed by atoms with Crippen LogP contribution in [0.5, 0.6) is 11.5 Å². The third-order valence-corrected chi connectivity index (χ3v) is 3.74. The molecule has 1 aliphatic rings. The summed E-state index contributed by atoms with van der Waals surface area (Å²) < 4.78 is 10.5. The van der Waals surface area contributed by atoms with Crippen LogP contribution >= 0.6 is 0 Å². The molecule has 2 rings (SSSR count). The van der Waals surface area contributed by atoms with E-state index in [2.05, 4.69) is 5.32 Å². The summed E-state index contributed by atoms with van der Waals surface area (Å²) in [6.45, 7) is 0.851. The lowest BCUT2D eigenvalue weighted by atomic mass is 9.89. The van der Waals surface area contributed by atoms with Crippen LogP contribution in [0.3, 0.4) is 0 Å². The normalized spacial score (nSPS) is 15.7. The number of methoxy groups -OCH3 is 1. The number of hydrogen-bond donors (Lipinski definition) is 1. The van der Waals surface area contributed by atoms with E-state index >= 15 is 0 Å². The summed E-state index contributed by atoms with van der Waals surface area (Å²) in [6, 6.07) is 7.23. The Morgan fingerprint density at radius 1 is 1.15 bits per heavy atom. The Hall–Kier alpha value is -1.71. The zero-order valence-electron chi connectivity index (χ0n) is 12.1. The van der Waals surface area contributed by atoms with Gasteiger partial charge in [0.2, 0.25) is 0 Å². The van der Waals surface area contributed by atoms with E-state index in [4.69, 9.17) is 9.47 Å². The maximum atomic E-state index is 11.7. The van der Waals surface area contributed by atoms with Gasteiger partial charge in [-0.15, -0.1) is 0 Å². The number of carbonyl (C=O) groups excluding carboxylic acids is 1. The van der Waals surface area contributed by atoms with Crippen LogP contribution in [-0.4, -0.2) is 26.2 Å². The Morgan fingerprint density at radius 3 is 2.45 bits per heavy atom. The quantitative estimate of drug-likeness (QED) is 0.869. The van der Waals surface area contributed by atoms with E-state index in [1.54, 1.807) is 19.2 Å². The van der Waals surface area contributed by atoms with Gasteiger partial charge in [-0.25, -0.2) is 0 Å². The van der Waals surface area contributed by atoms with Crippen molar-refractivity contribution in [1.29, 1.82) is 0 Å². The second-order valence-electron chi connectivity index (χ2n) is 5.27. The molecule has 0 aliphatic heterocycles. The van der Waals surface area contributed by atoms with Crippen LogP contribution in [0.15, 0.2) is 24.3 Å². The Labute approximate surface area is 120 Å². The number of nitrogens with one attached hydrogen (secondary N) is 1. The number of amides is 1. The van der Waals surface area contributed by atoms with Gasteiger partial charge >= 0.3 is 0 Å². The number of carbonyl (C=O) groups is 1. The summed E-state index contributed by atoms with van der Waals surface area (Å²) in [6.07, 6.45) is 6.40. The molecule has 110 valence electrons. The van der Waals surface area contributed by atoms with E-state index in [9.17, 15) is 4.79 Å². The summed E-state index contributed by atoms with van der Waals surface area (Å²) >= 11 is 0. The monoisotopic (exact) mass is 277 g/mol. The van der Waals surface area contributed by atoms with Gasteiger partial charge in [-0.1, -0.05) is 19.3 Å². The molecule has 4 heteroatoms. The zero-order valence-corrected chi connectivity index (χ0v) is 12.1. The third kappa shape index (κ3) is 4.76. The summed E-state index contributed by atoms with van der Waals surface area (Å²) in [5, 5.41) is 2.96. The lowest BCUT2D eigenvalue weighted by Gasteiger charge is -2.21. The number of ether oxygens (including phenoxy) is 2. The van der Waals surface area contributed by atoms with Crippen molar-refractivity contribution in [3.8, 4) is 11.5 Å². The molecule has 1 fully saturated rings. The highest BCUT2D eigenvalue weighted by Crippen LogP contribution is 2.22. The molecule has 4 nitrogen and oxygen atoms in total. The maximum absolute atomic E-state index is 11.7. The van der Waals surface area contributed by atoms with Gasteiger partial charge in [0.25, 0.3) is 5.91 Å². The summed E-state index contributed by atoms with van der Waals surface area (Å²) in [4.78, 5) is 11.7. The van der Waals surface area contributed by atoms with Crippen LogP contribution in [0.2, 0.25) is 0 Å². The highest BCUT2D eigenvalue weighted by molar-refractivity contribution is 5.77. The molecule has 1 saturated carbocycles. The van der Waals surface area contributed by atoms with Gasteiger partial charge in [0.05, 0.1) is 7.11 Å². The molecule has 1 amide bonds. The van der Waals surface area contributed by atoms with E-state index < -0.39 is 0 Å². The molecule has 0 saturated heterocycles. The van der Waals surface area contributed by atoms with Crippen LogP contribution in [0.25, 0.3) is 0 Å². The van der Waals surface area contributed by atoms with Crippen molar-refractivity contribution in [3.05, 3.63) is 24.3 Å². The first kappa shape index (κ1) is 14.7. The summed E-state index contributed by atoms with van der Waals surface area (Å²) in [5.41, 5.74) is 0. The average molecular weight is 277 g/mol. The van der Waals surface area contributed by atoms with Gasteiger partial charge in [-0.05, 0) is 43.0 Å². The van der Waals surface area contributed by atoms with Gasteiger partial charge < -0.3 is 14.8 Å². The van der Waals surface area contributed by atoms with Crippen molar-refractivity contribution in [2.24, 2.45) is 5.92 Å². The van der Waals surface area contributed by atoms with Crippen LogP contribution in [0, 0.1) is 5.92 Å². The van der Waals surface area contributed by atoms with E-state index in [1.165, 1.54) is 32.1 Å². The first-order chi connectivity index (χ1) is 9.78. The average Bonchev–Trinajstić information content (AvgIpc) is 2.52. The number of hydrogen-bond acceptors (Lipinski definition) is 3. The first-order valence-corrected chi connectivity index (χ1v) is 7.31. The summed E-state index contributed by atoms with van der Waals surface area (Å²) in [7, 11) is 1.62. The molecule has 1 aromatic rings. The van der Waals surface area contributed by atoms with Crippen molar-refractivity contribution < 1.29 is 14.3 Å². The minimum Gasteiger partial charge on any atom is -0.497 e. The topological polar surface area (TPSA) is 47.6 Å². The maximum Gasteiger partial charge on any atom is 0.257 e. The van der Waals surface area contributed by atoms with Gasteiger partial charge in [-0.3, -0.25) is 4.79 Å². The molecule has 0 spiro atoms. The molecular formula is C16H23NO3. The largest absolute Gasteiger partial charge is 0.497 e. The fourth-order valence-electron chi connectivity index (χ4n) is 2.52. The molecule has 0 atom stereocenters. The molecule has 0 aromatic heterocycles.